The van der Waals surface area contributed by atoms with Gasteiger partial charge in [0, 0.05) is 11.8 Å². The van der Waals surface area contributed by atoms with Crippen molar-refractivity contribution in [1.82, 2.24) is 0 Å². The summed E-state index contributed by atoms with van der Waals surface area (Å²) in [5.41, 5.74) is 0.444. The number of phenols is 1. The summed E-state index contributed by atoms with van der Waals surface area (Å²) in [5, 5.41) is 11.7. The fourth-order valence-corrected chi connectivity index (χ4v) is 2.60. The normalized spacial score (nSPS) is 14.5. The van der Waals surface area contributed by atoms with Crippen LogP contribution in [0.1, 0.15) is 5.56 Å². The van der Waals surface area contributed by atoms with E-state index in [-0.39, 0.29) is 29.3 Å². The average Bonchev–Trinajstić information content (AvgIpc) is 2.52. The van der Waals surface area contributed by atoms with Crippen molar-refractivity contribution in [2.45, 2.75) is 4.90 Å². The van der Waals surface area contributed by atoms with Crippen molar-refractivity contribution in [3.05, 3.63) is 54.1 Å². The number of nitrogens with one attached hydrogen (secondary N) is 1. The van der Waals surface area contributed by atoms with E-state index in [1.54, 1.807) is 0 Å². The van der Waals surface area contributed by atoms with E-state index < -0.39 is 21.0 Å². The third-order valence-electron chi connectivity index (χ3n) is 3.20. The summed E-state index contributed by atoms with van der Waals surface area (Å²) in [6.45, 7) is 0. The summed E-state index contributed by atoms with van der Waals surface area (Å²) in [7, 11) is -8.38. The van der Waals surface area contributed by atoms with Crippen molar-refractivity contribution in [1.29, 1.82) is 0 Å². The van der Waals surface area contributed by atoms with Crippen molar-refractivity contribution >= 4 is 27.9 Å². The van der Waals surface area contributed by atoms with Gasteiger partial charge in [0.1, 0.15) is 4.90 Å². The first-order valence-electron chi connectivity index (χ1n) is 6.99. The Morgan fingerprint density at radius 3 is 2.23 bits per heavy atom. The van der Waals surface area contributed by atoms with Crippen LogP contribution in [-0.2, 0) is 4.79 Å². The molecule has 0 bridgehead atoms. The minimum atomic E-state index is -9.73. The Morgan fingerprint density at radius 1 is 1.08 bits per heavy atom. The number of amides is 1. The highest BCUT2D eigenvalue weighted by molar-refractivity contribution is 8.45. The molecule has 0 radical (unpaired) electrons. The first kappa shape index (κ1) is 19.6. The molecule has 2 rings (SSSR count). The van der Waals surface area contributed by atoms with Gasteiger partial charge in [-0.1, -0.05) is 25.5 Å². The molecular weight excluding hydrogens is 381 g/mol. The molecule has 26 heavy (non-hydrogen) atoms. The monoisotopic (exact) mass is 395 g/mol. The summed E-state index contributed by atoms with van der Waals surface area (Å²) < 4.78 is 68.0. The van der Waals surface area contributed by atoms with Crippen LogP contribution in [0, 0.1) is 0 Å². The van der Waals surface area contributed by atoms with Gasteiger partial charge in [-0.15, -0.1) is 0 Å². The summed E-state index contributed by atoms with van der Waals surface area (Å²) >= 11 is 0. The molecule has 2 aromatic rings. The summed E-state index contributed by atoms with van der Waals surface area (Å²) in [5.74, 6) is -0.575. The van der Waals surface area contributed by atoms with Gasteiger partial charge < -0.3 is 15.2 Å². The van der Waals surface area contributed by atoms with Crippen molar-refractivity contribution in [3.8, 4) is 11.5 Å². The molecule has 2 N–H and O–H groups in total. The Bertz CT molecular complexity index is 864. The SMILES string of the molecule is COc1cc(C=CC(=O)Nc2ccc(S(F)(F)(F)(F)F)cc2)ccc1O. The maximum Gasteiger partial charge on any atom is 0.310 e. The number of halogens is 5. The predicted octanol–water partition coefficient (Wildman–Crippen LogP) is 5.71. The van der Waals surface area contributed by atoms with Crippen molar-refractivity contribution < 1.29 is 34.1 Å². The molecule has 0 aliphatic heterocycles. The van der Waals surface area contributed by atoms with E-state index >= 15 is 0 Å². The van der Waals surface area contributed by atoms with Crippen LogP contribution < -0.4 is 10.1 Å². The standard InChI is InChI=1S/C16H14F5NO3S/c1-25-15-10-11(2-8-14(15)23)3-9-16(24)22-12-4-6-13(7-5-12)26(17,18,19,20)21/h2-10,23H,1H3,(H,22,24). The van der Waals surface area contributed by atoms with Gasteiger partial charge in [0.05, 0.1) is 7.11 Å². The minimum Gasteiger partial charge on any atom is -0.504 e. The number of benzene rings is 2. The fraction of sp³-hybridized carbons (Fsp3) is 0.0625. The predicted molar refractivity (Wildman–Crippen MR) is 90.2 cm³/mol. The van der Waals surface area contributed by atoms with Crippen LogP contribution >= 0.6 is 10.2 Å². The van der Waals surface area contributed by atoms with Crippen LogP contribution in [-0.4, -0.2) is 18.1 Å². The zero-order valence-corrected chi connectivity index (χ0v) is 14.1. The molecule has 0 atom stereocenters. The molecule has 4 nitrogen and oxygen atoms in total. The quantitative estimate of drug-likeness (QED) is 0.504. The highest BCUT2D eigenvalue weighted by Gasteiger charge is 2.65. The summed E-state index contributed by atoms with van der Waals surface area (Å²) in [6, 6.07) is 6.23. The maximum absolute atomic E-state index is 12.6. The molecule has 0 saturated heterocycles. The number of ether oxygens (including phenoxy) is 1. The van der Waals surface area contributed by atoms with E-state index in [1.165, 1.54) is 31.4 Å². The summed E-state index contributed by atoms with van der Waals surface area (Å²) in [4.78, 5) is 9.74. The number of carbonyl (C=O) groups is 1. The molecule has 0 saturated carbocycles. The molecule has 0 aliphatic carbocycles. The van der Waals surface area contributed by atoms with Crippen LogP contribution in [0.15, 0.2) is 53.4 Å². The highest BCUT2D eigenvalue weighted by Crippen LogP contribution is 3.02. The second kappa shape index (κ2) is 5.90. The lowest BCUT2D eigenvalue weighted by Gasteiger charge is -2.40. The molecule has 142 valence electrons. The van der Waals surface area contributed by atoms with Gasteiger partial charge in [0.25, 0.3) is 0 Å². The zero-order valence-electron chi connectivity index (χ0n) is 13.3. The molecule has 0 fully saturated rings. The Labute approximate surface area is 145 Å². The van der Waals surface area contributed by atoms with Crippen molar-refractivity contribution in [2.75, 3.05) is 12.4 Å². The van der Waals surface area contributed by atoms with Crippen LogP contribution in [0.2, 0.25) is 0 Å². The number of hydrogen-bond donors (Lipinski definition) is 2. The van der Waals surface area contributed by atoms with E-state index in [2.05, 4.69) is 5.32 Å². The molecule has 10 heteroatoms. The highest BCUT2D eigenvalue weighted by atomic mass is 32.5. The Morgan fingerprint density at radius 2 is 1.69 bits per heavy atom. The van der Waals surface area contributed by atoms with E-state index in [1.807, 2.05) is 0 Å². The number of rotatable bonds is 5. The smallest absolute Gasteiger partial charge is 0.310 e. The number of carbonyl (C=O) groups excluding carboxylic acids is 1. The topological polar surface area (TPSA) is 58.6 Å². The molecule has 2 aromatic carbocycles. The van der Waals surface area contributed by atoms with Crippen molar-refractivity contribution in [3.63, 3.8) is 0 Å². The third-order valence-corrected chi connectivity index (χ3v) is 4.36. The fourth-order valence-electron chi connectivity index (χ4n) is 1.95. The van der Waals surface area contributed by atoms with Crippen LogP contribution in [0.5, 0.6) is 11.5 Å². The second-order valence-electron chi connectivity index (χ2n) is 5.25. The number of methoxy groups -OCH3 is 1. The van der Waals surface area contributed by atoms with E-state index in [4.69, 9.17) is 4.74 Å². The van der Waals surface area contributed by atoms with Gasteiger partial charge in [-0.05, 0) is 48.0 Å². The van der Waals surface area contributed by atoms with Gasteiger partial charge in [-0.2, -0.15) is 0 Å². The lowest BCUT2D eigenvalue weighted by atomic mass is 10.2. The first-order chi connectivity index (χ1) is 11.8. The lowest BCUT2D eigenvalue weighted by Crippen LogP contribution is -2.09. The molecule has 0 unspecified atom stereocenters. The maximum atomic E-state index is 12.6. The molecular formula is C16H14F5NO3S. The number of hydrogen-bond acceptors (Lipinski definition) is 3. The Hall–Kier alpha value is -2.75. The van der Waals surface area contributed by atoms with E-state index in [0.29, 0.717) is 5.56 Å². The zero-order chi connectivity index (χ0) is 19.7. The average molecular weight is 395 g/mol. The van der Waals surface area contributed by atoms with Gasteiger partial charge in [0.15, 0.2) is 11.5 Å². The largest absolute Gasteiger partial charge is 0.504 e. The number of phenolic OH excluding ortho intramolecular Hbond substituents is 1. The minimum absolute atomic E-state index is 0.0754. The first-order valence-corrected chi connectivity index (χ1v) is 8.94. The molecule has 0 aliphatic rings. The molecule has 0 spiro atoms. The van der Waals surface area contributed by atoms with Gasteiger partial charge in [-0.3, -0.25) is 4.79 Å². The van der Waals surface area contributed by atoms with Crippen LogP contribution in [0.3, 0.4) is 0 Å². The summed E-state index contributed by atoms with van der Waals surface area (Å²) in [6.07, 6.45) is 2.46. The van der Waals surface area contributed by atoms with E-state index in [9.17, 15) is 29.3 Å². The third kappa shape index (κ3) is 5.12. The number of anilines is 1. The van der Waals surface area contributed by atoms with Crippen LogP contribution in [0.25, 0.3) is 6.08 Å². The van der Waals surface area contributed by atoms with Gasteiger partial charge >= 0.3 is 10.2 Å². The Balaban J connectivity index is 2.09. The van der Waals surface area contributed by atoms with E-state index in [0.717, 1.165) is 18.2 Å². The number of aromatic hydroxyl groups is 1. The van der Waals surface area contributed by atoms with Gasteiger partial charge in [0.2, 0.25) is 5.91 Å². The Kier molecular flexibility index (Phi) is 4.45. The molecule has 0 aromatic heterocycles. The van der Waals surface area contributed by atoms with Crippen LogP contribution in [0.4, 0.5) is 25.1 Å². The van der Waals surface area contributed by atoms with Gasteiger partial charge in [-0.25, -0.2) is 0 Å². The lowest BCUT2D eigenvalue weighted by molar-refractivity contribution is -0.111. The second-order valence-corrected chi connectivity index (χ2v) is 7.66. The van der Waals surface area contributed by atoms with Crippen molar-refractivity contribution in [2.24, 2.45) is 0 Å². The molecule has 1 amide bonds. The molecule has 0 heterocycles.